The van der Waals surface area contributed by atoms with Crippen LogP contribution in [0.4, 0.5) is 10.1 Å². The number of hydrogen-bond acceptors (Lipinski definition) is 3. The van der Waals surface area contributed by atoms with Gasteiger partial charge in [0, 0.05) is 25.3 Å². The van der Waals surface area contributed by atoms with Crippen molar-refractivity contribution in [2.45, 2.75) is 13.0 Å². The molecule has 2 rings (SSSR count). The van der Waals surface area contributed by atoms with E-state index >= 15 is 0 Å². The second-order valence-corrected chi connectivity index (χ2v) is 5.06. The number of benzene rings is 2. The van der Waals surface area contributed by atoms with Gasteiger partial charge in [-0.2, -0.15) is 0 Å². The highest BCUT2D eigenvalue weighted by Crippen LogP contribution is 2.29. The second-order valence-electron chi connectivity index (χ2n) is 5.06. The van der Waals surface area contributed by atoms with E-state index in [1.165, 1.54) is 6.07 Å². The summed E-state index contributed by atoms with van der Waals surface area (Å²) in [6.07, 6.45) is 0. The summed E-state index contributed by atoms with van der Waals surface area (Å²) in [5.74, 6) is 0.541. The fourth-order valence-electron chi connectivity index (χ4n) is 2.47. The SMILES string of the molecule is COc1cccc(N(C)C(CN)c2cc(F)ccc2C)c1. The minimum atomic E-state index is -0.243. The second kappa shape index (κ2) is 6.59. The average Bonchev–Trinajstić information content (AvgIpc) is 2.51. The molecule has 2 aromatic carbocycles. The number of nitrogens with two attached hydrogens (primary N) is 1. The Hall–Kier alpha value is -2.07. The molecule has 0 spiro atoms. The lowest BCUT2D eigenvalue weighted by Crippen LogP contribution is -2.31. The predicted octanol–water partition coefficient (Wildman–Crippen LogP) is 3.28. The molecule has 1 atom stereocenters. The molecule has 2 N–H and O–H groups in total. The van der Waals surface area contributed by atoms with Gasteiger partial charge in [-0.3, -0.25) is 0 Å². The van der Waals surface area contributed by atoms with E-state index in [2.05, 4.69) is 0 Å². The first-order valence-corrected chi connectivity index (χ1v) is 6.89. The van der Waals surface area contributed by atoms with Crippen LogP contribution >= 0.6 is 0 Å². The van der Waals surface area contributed by atoms with E-state index in [4.69, 9.17) is 10.5 Å². The van der Waals surface area contributed by atoms with Crippen molar-refractivity contribution in [3.63, 3.8) is 0 Å². The molecule has 0 aliphatic heterocycles. The van der Waals surface area contributed by atoms with Crippen LogP contribution < -0.4 is 15.4 Å². The molecular formula is C17H21FN2O. The van der Waals surface area contributed by atoms with E-state index in [1.807, 2.05) is 43.1 Å². The van der Waals surface area contributed by atoms with Gasteiger partial charge in [-0.05, 0) is 42.3 Å². The lowest BCUT2D eigenvalue weighted by atomic mass is 9.99. The quantitative estimate of drug-likeness (QED) is 0.917. The molecule has 4 heteroatoms. The molecule has 0 saturated carbocycles. The van der Waals surface area contributed by atoms with Gasteiger partial charge in [0.25, 0.3) is 0 Å². The Morgan fingerprint density at radius 1 is 1.24 bits per heavy atom. The summed E-state index contributed by atoms with van der Waals surface area (Å²) in [6.45, 7) is 2.37. The normalized spacial score (nSPS) is 12.0. The number of hydrogen-bond donors (Lipinski definition) is 1. The first-order valence-electron chi connectivity index (χ1n) is 6.89. The Labute approximate surface area is 125 Å². The van der Waals surface area contributed by atoms with Gasteiger partial charge in [0.15, 0.2) is 0 Å². The molecule has 0 aliphatic carbocycles. The van der Waals surface area contributed by atoms with Crippen molar-refractivity contribution >= 4 is 5.69 Å². The lowest BCUT2D eigenvalue weighted by Gasteiger charge is -2.30. The highest BCUT2D eigenvalue weighted by molar-refractivity contribution is 5.52. The monoisotopic (exact) mass is 288 g/mol. The molecule has 2 aromatic rings. The average molecular weight is 288 g/mol. The molecule has 0 fully saturated rings. The van der Waals surface area contributed by atoms with Crippen LogP contribution in [0.15, 0.2) is 42.5 Å². The molecule has 0 saturated heterocycles. The van der Waals surface area contributed by atoms with Crippen molar-refractivity contribution in [1.29, 1.82) is 0 Å². The largest absolute Gasteiger partial charge is 0.497 e. The summed E-state index contributed by atoms with van der Waals surface area (Å²) in [5.41, 5.74) is 8.85. The first-order chi connectivity index (χ1) is 10.1. The number of rotatable bonds is 5. The Kier molecular flexibility index (Phi) is 4.81. The minimum absolute atomic E-state index is 0.0900. The minimum Gasteiger partial charge on any atom is -0.497 e. The van der Waals surface area contributed by atoms with Crippen LogP contribution in [0, 0.1) is 12.7 Å². The van der Waals surface area contributed by atoms with Crippen molar-refractivity contribution in [1.82, 2.24) is 0 Å². The molecule has 21 heavy (non-hydrogen) atoms. The molecule has 0 aromatic heterocycles. The topological polar surface area (TPSA) is 38.5 Å². The van der Waals surface area contributed by atoms with Crippen LogP contribution in [-0.2, 0) is 0 Å². The van der Waals surface area contributed by atoms with E-state index in [-0.39, 0.29) is 11.9 Å². The predicted molar refractivity (Wildman–Crippen MR) is 84.3 cm³/mol. The van der Waals surface area contributed by atoms with Gasteiger partial charge in [0.2, 0.25) is 0 Å². The van der Waals surface area contributed by atoms with Gasteiger partial charge in [-0.25, -0.2) is 4.39 Å². The van der Waals surface area contributed by atoms with Crippen molar-refractivity contribution in [2.75, 3.05) is 25.6 Å². The summed E-state index contributed by atoms with van der Waals surface area (Å²) < 4.78 is 18.8. The molecule has 112 valence electrons. The van der Waals surface area contributed by atoms with Crippen molar-refractivity contribution in [3.05, 3.63) is 59.4 Å². The summed E-state index contributed by atoms with van der Waals surface area (Å²) >= 11 is 0. The third kappa shape index (κ3) is 3.34. The number of anilines is 1. The molecule has 0 aliphatic rings. The molecule has 1 unspecified atom stereocenters. The first kappa shape index (κ1) is 15.3. The lowest BCUT2D eigenvalue weighted by molar-refractivity contribution is 0.414. The fraction of sp³-hybridized carbons (Fsp3) is 0.294. The summed E-state index contributed by atoms with van der Waals surface area (Å²) in [7, 11) is 3.59. The Balaban J connectivity index is 2.37. The van der Waals surface area contributed by atoms with E-state index in [0.717, 1.165) is 22.6 Å². The van der Waals surface area contributed by atoms with E-state index < -0.39 is 0 Å². The van der Waals surface area contributed by atoms with Crippen LogP contribution in [0.5, 0.6) is 5.75 Å². The zero-order valence-corrected chi connectivity index (χ0v) is 12.6. The van der Waals surface area contributed by atoms with Crippen molar-refractivity contribution in [3.8, 4) is 5.75 Å². The van der Waals surface area contributed by atoms with Gasteiger partial charge in [0.1, 0.15) is 11.6 Å². The van der Waals surface area contributed by atoms with E-state index in [9.17, 15) is 4.39 Å². The van der Waals surface area contributed by atoms with Crippen molar-refractivity contribution < 1.29 is 9.13 Å². The van der Waals surface area contributed by atoms with Crippen LogP contribution in [0.1, 0.15) is 17.2 Å². The van der Waals surface area contributed by atoms with Gasteiger partial charge in [0.05, 0.1) is 13.2 Å². The molecule has 0 amide bonds. The number of likely N-dealkylation sites (N-methyl/N-ethyl adjacent to an activating group) is 1. The highest BCUT2D eigenvalue weighted by atomic mass is 19.1. The number of methoxy groups -OCH3 is 1. The molecular weight excluding hydrogens is 267 g/mol. The summed E-state index contributed by atoms with van der Waals surface area (Å²) in [4.78, 5) is 2.05. The maximum absolute atomic E-state index is 13.5. The number of halogens is 1. The molecule has 0 heterocycles. The van der Waals surface area contributed by atoms with Gasteiger partial charge in [-0.1, -0.05) is 12.1 Å². The van der Waals surface area contributed by atoms with Crippen LogP contribution in [0.25, 0.3) is 0 Å². The Bertz CT molecular complexity index is 615. The number of aryl methyl sites for hydroxylation is 1. The van der Waals surface area contributed by atoms with Crippen LogP contribution in [0.3, 0.4) is 0 Å². The standard InChI is InChI=1S/C17H21FN2O/c1-12-7-8-13(18)9-16(12)17(11-19)20(2)14-5-4-6-15(10-14)21-3/h4-10,17H,11,19H2,1-3H3. The maximum Gasteiger partial charge on any atom is 0.123 e. The molecule has 0 radical (unpaired) electrons. The maximum atomic E-state index is 13.5. The van der Waals surface area contributed by atoms with E-state index in [0.29, 0.717) is 6.54 Å². The Morgan fingerprint density at radius 2 is 2.00 bits per heavy atom. The van der Waals surface area contributed by atoms with Crippen LogP contribution in [-0.4, -0.2) is 20.7 Å². The summed E-state index contributed by atoms with van der Waals surface area (Å²) in [5, 5.41) is 0. The highest BCUT2D eigenvalue weighted by Gasteiger charge is 2.19. The third-order valence-electron chi connectivity index (χ3n) is 3.75. The third-order valence-corrected chi connectivity index (χ3v) is 3.75. The number of ether oxygens (including phenoxy) is 1. The van der Waals surface area contributed by atoms with Gasteiger partial charge < -0.3 is 15.4 Å². The summed E-state index contributed by atoms with van der Waals surface area (Å²) in [6, 6.07) is 12.5. The van der Waals surface area contributed by atoms with Crippen LogP contribution in [0.2, 0.25) is 0 Å². The zero-order valence-electron chi connectivity index (χ0n) is 12.6. The zero-order chi connectivity index (χ0) is 15.4. The van der Waals surface area contributed by atoms with E-state index in [1.54, 1.807) is 19.2 Å². The van der Waals surface area contributed by atoms with Crippen molar-refractivity contribution in [2.24, 2.45) is 5.73 Å². The smallest absolute Gasteiger partial charge is 0.123 e. The van der Waals surface area contributed by atoms with Gasteiger partial charge in [-0.15, -0.1) is 0 Å². The Morgan fingerprint density at radius 3 is 2.67 bits per heavy atom. The fourth-order valence-corrected chi connectivity index (χ4v) is 2.47. The molecule has 0 bridgehead atoms. The molecule has 3 nitrogen and oxygen atoms in total. The number of nitrogens with zero attached hydrogens (tertiary/aromatic N) is 1. The van der Waals surface area contributed by atoms with Gasteiger partial charge >= 0.3 is 0 Å².